The van der Waals surface area contributed by atoms with E-state index in [0.29, 0.717) is 24.8 Å². The molecule has 2 saturated heterocycles. The number of piperidine rings is 1. The Labute approximate surface area is 254 Å². The first kappa shape index (κ1) is 29.4. The number of hydrogen-bond acceptors (Lipinski definition) is 8. The van der Waals surface area contributed by atoms with Crippen molar-refractivity contribution >= 4 is 22.7 Å². The van der Waals surface area contributed by atoms with Crippen LogP contribution in [0.3, 0.4) is 0 Å². The summed E-state index contributed by atoms with van der Waals surface area (Å²) in [5.41, 5.74) is 8.31. The molecule has 2 fully saturated rings. The van der Waals surface area contributed by atoms with Crippen molar-refractivity contribution in [3.8, 4) is 5.75 Å². The first-order valence-electron chi connectivity index (χ1n) is 15.7. The minimum Gasteiger partial charge on any atom is -0.506 e. The fourth-order valence-electron chi connectivity index (χ4n) is 6.29. The molecule has 9 nitrogen and oxygen atoms in total. The van der Waals surface area contributed by atoms with Crippen molar-refractivity contribution < 1.29 is 9.84 Å². The van der Waals surface area contributed by atoms with E-state index < -0.39 is 0 Å². The molecule has 0 aliphatic carbocycles. The summed E-state index contributed by atoms with van der Waals surface area (Å²) in [7, 11) is 0. The number of benzene rings is 2. The average molecular weight is 584 g/mol. The lowest BCUT2D eigenvalue weighted by atomic mass is 10.1. The number of anilines is 2. The van der Waals surface area contributed by atoms with Gasteiger partial charge in [0.2, 0.25) is 5.95 Å². The lowest BCUT2D eigenvalue weighted by Gasteiger charge is -2.34. The van der Waals surface area contributed by atoms with Gasteiger partial charge in [-0.1, -0.05) is 12.1 Å². The lowest BCUT2D eigenvalue weighted by molar-refractivity contribution is 0.0322. The van der Waals surface area contributed by atoms with Crippen LogP contribution in [-0.2, 0) is 17.8 Å². The van der Waals surface area contributed by atoms with Crippen LogP contribution >= 0.6 is 0 Å². The van der Waals surface area contributed by atoms with Gasteiger partial charge in [0.15, 0.2) is 0 Å². The molecular formula is C34H45N7O2. The minimum absolute atomic E-state index is 0.208. The fraction of sp³-hybridized carbons (Fsp3) is 0.471. The first-order chi connectivity index (χ1) is 20.9. The van der Waals surface area contributed by atoms with E-state index in [4.69, 9.17) is 9.72 Å². The molecule has 2 aromatic heterocycles. The van der Waals surface area contributed by atoms with E-state index in [-0.39, 0.29) is 5.75 Å². The maximum Gasteiger partial charge on any atom is 0.204 e. The molecule has 43 heavy (non-hydrogen) atoms. The molecule has 0 bridgehead atoms. The van der Waals surface area contributed by atoms with Crippen molar-refractivity contribution in [2.45, 2.75) is 52.7 Å². The Hall–Kier alpha value is -3.66. The van der Waals surface area contributed by atoms with Crippen molar-refractivity contribution in [2.75, 3.05) is 63.1 Å². The quantitative estimate of drug-likeness (QED) is 0.242. The Morgan fingerprint density at radius 1 is 0.860 bits per heavy atom. The summed E-state index contributed by atoms with van der Waals surface area (Å²) in [6, 6.07) is 16.9. The van der Waals surface area contributed by atoms with Crippen LogP contribution in [0.25, 0.3) is 11.0 Å². The number of nitrogens with one attached hydrogen (secondary N) is 2. The topological polar surface area (TPSA) is 90.7 Å². The van der Waals surface area contributed by atoms with Crippen LogP contribution < -0.4 is 10.6 Å². The van der Waals surface area contributed by atoms with E-state index in [1.165, 1.54) is 16.7 Å². The first-order valence-corrected chi connectivity index (χ1v) is 15.7. The van der Waals surface area contributed by atoms with Gasteiger partial charge in [0, 0.05) is 63.2 Å². The molecule has 228 valence electrons. The molecule has 2 aromatic carbocycles. The number of nitrogens with zero attached hydrogens (tertiary/aromatic N) is 5. The zero-order chi connectivity index (χ0) is 29.8. The van der Waals surface area contributed by atoms with Crippen LogP contribution in [0.5, 0.6) is 5.75 Å². The number of likely N-dealkylation sites (tertiary alicyclic amines) is 1. The van der Waals surface area contributed by atoms with Gasteiger partial charge < -0.3 is 29.9 Å². The molecule has 2 aliphatic heterocycles. The van der Waals surface area contributed by atoms with Gasteiger partial charge in [0.1, 0.15) is 11.4 Å². The van der Waals surface area contributed by atoms with Crippen LogP contribution in [0.2, 0.25) is 0 Å². The van der Waals surface area contributed by atoms with Gasteiger partial charge in [-0.3, -0.25) is 9.88 Å². The van der Waals surface area contributed by atoms with Crippen LogP contribution in [0, 0.1) is 20.8 Å². The molecule has 0 unspecified atom stereocenters. The van der Waals surface area contributed by atoms with Crippen molar-refractivity contribution in [2.24, 2.45) is 0 Å². The molecule has 0 amide bonds. The molecule has 0 radical (unpaired) electrons. The smallest absolute Gasteiger partial charge is 0.204 e. The highest BCUT2D eigenvalue weighted by Crippen LogP contribution is 2.27. The summed E-state index contributed by atoms with van der Waals surface area (Å²) in [5, 5.41) is 18.0. The van der Waals surface area contributed by atoms with Crippen LogP contribution in [0.1, 0.15) is 40.9 Å². The van der Waals surface area contributed by atoms with E-state index in [1.807, 2.05) is 13.0 Å². The predicted molar refractivity (Wildman–Crippen MR) is 173 cm³/mol. The summed E-state index contributed by atoms with van der Waals surface area (Å²) in [4.78, 5) is 14.8. The Kier molecular flexibility index (Phi) is 9.11. The Morgan fingerprint density at radius 3 is 2.33 bits per heavy atom. The Bertz CT molecular complexity index is 1520. The number of rotatable bonds is 10. The number of pyridine rings is 1. The van der Waals surface area contributed by atoms with Gasteiger partial charge in [0.25, 0.3) is 0 Å². The third-order valence-corrected chi connectivity index (χ3v) is 8.69. The molecule has 4 aromatic rings. The maximum absolute atomic E-state index is 10.7. The van der Waals surface area contributed by atoms with Gasteiger partial charge in [0.05, 0.1) is 30.8 Å². The highest BCUT2D eigenvalue weighted by atomic mass is 16.5. The van der Waals surface area contributed by atoms with E-state index in [9.17, 15) is 5.11 Å². The molecule has 2 aliphatic rings. The second-order valence-electron chi connectivity index (χ2n) is 12.2. The average Bonchev–Trinajstić information content (AvgIpc) is 3.33. The largest absolute Gasteiger partial charge is 0.506 e. The second kappa shape index (κ2) is 13.3. The number of aromatic hydroxyl groups is 1. The van der Waals surface area contributed by atoms with Gasteiger partial charge >= 0.3 is 0 Å². The van der Waals surface area contributed by atoms with E-state index >= 15 is 0 Å². The Balaban J connectivity index is 1.18. The summed E-state index contributed by atoms with van der Waals surface area (Å²) in [6.07, 6.45) is 2.15. The number of aryl methyl sites for hydroxylation is 3. The van der Waals surface area contributed by atoms with Crippen LogP contribution in [0.4, 0.5) is 11.6 Å². The zero-order valence-electron chi connectivity index (χ0n) is 25.8. The second-order valence-corrected chi connectivity index (χ2v) is 12.2. The molecular weight excluding hydrogens is 538 g/mol. The number of morpholine rings is 1. The van der Waals surface area contributed by atoms with E-state index in [0.717, 1.165) is 93.7 Å². The fourth-order valence-corrected chi connectivity index (χ4v) is 6.29. The van der Waals surface area contributed by atoms with Crippen LogP contribution in [0.15, 0.2) is 48.5 Å². The van der Waals surface area contributed by atoms with Gasteiger partial charge in [-0.25, -0.2) is 4.98 Å². The monoisotopic (exact) mass is 583 g/mol. The van der Waals surface area contributed by atoms with Gasteiger partial charge in [-0.2, -0.15) is 0 Å². The van der Waals surface area contributed by atoms with Crippen molar-refractivity contribution in [3.05, 3.63) is 76.6 Å². The van der Waals surface area contributed by atoms with Crippen molar-refractivity contribution in [1.82, 2.24) is 24.3 Å². The summed E-state index contributed by atoms with van der Waals surface area (Å²) in [5.74, 6) is 1.04. The number of imidazole rings is 1. The summed E-state index contributed by atoms with van der Waals surface area (Å²) in [6.45, 7) is 15.6. The number of hydrogen-bond donors (Lipinski definition) is 3. The molecule has 3 N–H and O–H groups in total. The number of aromatic nitrogens is 3. The predicted octanol–water partition coefficient (Wildman–Crippen LogP) is 4.93. The molecule has 0 spiro atoms. The standard InChI is InChI=1S/C34H45N7O2/c1-24-18-25(2)20-29(19-24)35-22-27-5-6-30-32(21-27)41(23-31-33(42)7-4-26(3)36-31)34(38-30)37-28-8-10-39(11-9-28)12-13-40-14-16-43-17-15-40/h4-7,18-21,28,35,42H,8-17,22-23H2,1-3H3,(H,37,38). The Morgan fingerprint density at radius 2 is 1.58 bits per heavy atom. The third kappa shape index (κ3) is 7.47. The molecule has 9 heteroatoms. The number of fused-ring (bicyclic) bond motifs is 1. The lowest BCUT2D eigenvalue weighted by Crippen LogP contribution is -2.45. The number of ether oxygens (including phenoxy) is 1. The highest BCUT2D eigenvalue weighted by Gasteiger charge is 2.23. The van der Waals surface area contributed by atoms with Gasteiger partial charge in [-0.05, 0) is 86.7 Å². The van der Waals surface area contributed by atoms with E-state index in [1.54, 1.807) is 6.07 Å². The van der Waals surface area contributed by atoms with Crippen molar-refractivity contribution in [1.29, 1.82) is 0 Å². The molecule has 6 rings (SSSR count). The summed E-state index contributed by atoms with van der Waals surface area (Å²) < 4.78 is 7.68. The normalized spacial score (nSPS) is 17.0. The third-order valence-electron chi connectivity index (χ3n) is 8.69. The molecule has 4 heterocycles. The zero-order valence-corrected chi connectivity index (χ0v) is 25.8. The molecule has 0 atom stereocenters. The SMILES string of the molecule is Cc1cc(C)cc(NCc2ccc3nc(NC4CCN(CCN5CCOCC5)CC4)n(Cc4nc(C)ccc4O)c3c2)c1. The van der Waals surface area contributed by atoms with E-state index in [2.05, 4.69) is 80.2 Å². The van der Waals surface area contributed by atoms with Crippen LogP contribution in [-0.4, -0.2) is 88.0 Å². The van der Waals surface area contributed by atoms with Gasteiger partial charge in [-0.15, -0.1) is 0 Å². The maximum atomic E-state index is 10.7. The minimum atomic E-state index is 0.208. The molecule has 0 saturated carbocycles. The van der Waals surface area contributed by atoms with Crippen molar-refractivity contribution in [3.63, 3.8) is 0 Å². The highest BCUT2D eigenvalue weighted by molar-refractivity contribution is 5.80. The summed E-state index contributed by atoms with van der Waals surface area (Å²) >= 11 is 0.